The summed E-state index contributed by atoms with van der Waals surface area (Å²) >= 11 is 7.10. The largest absolute Gasteiger partial charge is 0.465 e. The Morgan fingerprint density at radius 3 is 3.00 bits per heavy atom. The molecule has 1 heterocycles. The quantitative estimate of drug-likeness (QED) is 0.839. The molecule has 1 N–H and O–H groups in total. The van der Waals surface area contributed by atoms with E-state index in [4.69, 9.17) is 11.6 Å². The lowest BCUT2D eigenvalue weighted by Gasteiger charge is -2.09. The van der Waals surface area contributed by atoms with E-state index in [1.807, 2.05) is 0 Å². The number of esters is 1. The average molecular weight is 275 g/mol. The van der Waals surface area contributed by atoms with Crippen LogP contribution in [0.4, 0.5) is 5.13 Å². The molecule has 2 rings (SSSR count). The number of hydrogen-bond donors (Lipinski definition) is 1. The smallest absolute Gasteiger partial charge is 0.351 e. The van der Waals surface area contributed by atoms with Gasteiger partial charge in [-0.05, 0) is 24.7 Å². The van der Waals surface area contributed by atoms with Gasteiger partial charge in [-0.25, -0.2) is 9.78 Å². The summed E-state index contributed by atoms with van der Waals surface area (Å²) in [6.45, 7) is 3.09. The number of nitrogens with one attached hydrogen (secondary N) is 1. The van der Waals surface area contributed by atoms with Crippen molar-refractivity contribution in [2.75, 3.05) is 19.0 Å². The molecule has 1 atom stereocenters. The summed E-state index contributed by atoms with van der Waals surface area (Å²) in [7, 11) is 1.33. The number of ether oxygens (including phenoxy) is 1. The van der Waals surface area contributed by atoms with E-state index in [0.29, 0.717) is 15.9 Å². The molecular weight excluding hydrogens is 260 g/mol. The van der Waals surface area contributed by atoms with Gasteiger partial charge in [0.05, 0.1) is 7.11 Å². The number of halogens is 1. The lowest BCUT2D eigenvalue weighted by Crippen LogP contribution is -2.12. The molecule has 1 saturated carbocycles. The van der Waals surface area contributed by atoms with E-state index in [-0.39, 0.29) is 5.15 Å². The van der Waals surface area contributed by atoms with Crippen molar-refractivity contribution >= 4 is 34.0 Å². The molecule has 0 amide bonds. The Balaban J connectivity index is 1.94. The van der Waals surface area contributed by atoms with E-state index in [1.54, 1.807) is 0 Å². The second-order valence-electron chi connectivity index (χ2n) is 4.33. The van der Waals surface area contributed by atoms with Gasteiger partial charge in [-0.1, -0.05) is 29.9 Å². The third-order valence-corrected chi connectivity index (χ3v) is 4.34. The van der Waals surface area contributed by atoms with Gasteiger partial charge in [-0.2, -0.15) is 0 Å². The van der Waals surface area contributed by atoms with Crippen LogP contribution < -0.4 is 5.32 Å². The van der Waals surface area contributed by atoms with E-state index in [1.165, 1.54) is 31.3 Å². The van der Waals surface area contributed by atoms with E-state index < -0.39 is 5.97 Å². The molecule has 94 valence electrons. The molecule has 0 saturated heterocycles. The number of rotatable bonds is 5. The van der Waals surface area contributed by atoms with E-state index >= 15 is 0 Å². The van der Waals surface area contributed by atoms with Crippen LogP contribution in [0.25, 0.3) is 0 Å². The minimum absolute atomic E-state index is 0.212. The number of carbonyl (C=O) groups is 1. The van der Waals surface area contributed by atoms with Crippen LogP contribution in [0.15, 0.2) is 0 Å². The van der Waals surface area contributed by atoms with Gasteiger partial charge in [0.25, 0.3) is 0 Å². The fourth-order valence-corrected chi connectivity index (χ4v) is 2.79. The monoisotopic (exact) mass is 274 g/mol. The lowest BCUT2D eigenvalue weighted by molar-refractivity contribution is 0.0606. The first-order chi connectivity index (χ1) is 8.11. The molecule has 0 aromatic carbocycles. The van der Waals surface area contributed by atoms with Crippen molar-refractivity contribution < 1.29 is 9.53 Å². The number of carbonyl (C=O) groups excluding carboxylic acids is 1. The predicted molar refractivity (Wildman–Crippen MR) is 68.8 cm³/mol. The maximum atomic E-state index is 11.3. The van der Waals surface area contributed by atoms with Crippen LogP contribution >= 0.6 is 22.9 Å². The normalized spacial score (nSPS) is 16.6. The number of methoxy groups -OCH3 is 1. The number of aromatic nitrogens is 1. The number of nitrogens with zero attached hydrogens (tertiary/aromatic N) is 1. The summed E-state index contributed by atoms with van der Waals surface area (Å²) in [6.07, 6.45) is 2.66. The van der Waals surface area contributed by atoms with Crippen LogP contribution in [-0.2, 0) is 4.74 Å². The van der Waals surface area contributed by atoms with Crippen molar-refractivity contribution in [3.63, 3.8) is 0 Å². The maximum absolute atomic E-state index is 11.3. The fraction of sp³-hybridized carbons (Fsp3) is 0.636. The molecule has 0 radical (unpaired) electrons. The van der Waals surface area contributed by atoms with Crippen LogP contribution in [0.3, 0.4) is 0 Å². The summed E-state index contributed by atoms with van der Waals surface area (Å²) in [4.78, 5) is 15.8. The van der Waals surface area contributed by atoms with E-state index in [2.05, 4.69) is 22.0 Å². The zero-order chi connectivity index (χ0) is 12.4. The van der Waals surface area contributed by atoms with Gasteiger partial charge in [-0.3, -0.25) is 0 Å². The molecule has 1 aliphatic rings. The standard InChI is InChI=1S/C11H15ClN2O2S/c1-6(7-3-4-7)5-13-11-14-9(12)8(17-11)10(15)16-2/h6-7H,3-5H2,1-2H3,(H,13,14). The SMILES string of the molecule is COC(=O)c1sc(NCC(C)C2CC2)nc1Cl. The van der Waals surface area contributed by atoms with Gasteiger partial charge in [0.1, 0.15) is 0 Å². The summed E-state index contributed by atoms with van der Waals surface area (Å²) in [5.41, 5.74) is 0. The first kappa shape index (κ1) is 12.6. The molecule has 1 aliphatic carbocycles. The van der Waals surface area contributed by atoms with Crippen molar-refractivity contribution in [3.05, 3.63) is 10.0 Å². The highest BCUT2D eigenvalue weighted by atomic mass is 35.5. The minimum Gasteiger partial charge on any atom is -0.465 e. The van der Waals surface area contributed by atoms with Crippen molar-refractivity contribution in [2.45, 2.75) is 19.8 Å². The Morgan fingerprint density at radius 2 is 2.41 bits per heavy atom. The van der Waals surface area contributed by atoms with Gasteiger partial charge < -0.3 is 10.1 Å². The molecule has 1 aromatic heterocycles. The van der Waals surface area contributed by atoms with Gasteiger partial charge in [0.15, 0.2) is 15.2 Å². The van der Waals surface area contributed by atoms with E-state index in [9.17, 15) is 4.79 Å². The van der Waals surface area contributed by atoms with Gasteiger partial charge in [-0.15, -0.1) is 0 Å². The summed E-state index contributed by atoms with van der Waals surface area (Å²) < 4.78 is 4.62. The molecule has 6 heteroatoms. The van der Waals surface area contributed by atoms with Crippen molar-refractivity contribution in [1.82, 2.24) is 4.98 Å². The van der Waals surface area contributed by atoms with Crippen LogP contribution in [-0.4, -0.2) is 24.6 Å². The molecular formula is C11H15ClN2O2S. The minimum atomic E-state index is -0.434. The van der Waals surface area contributed by atoms with E-state index in [0.717, 1.165) is 12.5 Å². The van der Waals surface area contributed by atoms with Crippen LogP contribution in [0.1, 0.15) is 29.4 Å². The van der Waals surface area contributed by atoms with Crippen molar-refractivity contribution in [2.24, 2.45) is 11.8 Å². The second-order valence-corrected chi connectivity index (χ2v) is 5.68. The van der Waals surface area contributed by atoms with Crippen LogP contribution in [0.2, 0.25) is 5.15 Å². The molecule has 1 aromatic rings. The second kappa shape index (κ2) is 5.23. The Morgan fingerprint density at radius 1 is 1.71 bits per heavy atom. The lowest BCUT2D eigenvalue weighted by atomic mass is 10.1. The predicted octanol–water partition coefficient (Wildman–Crippen LogP) is 3.04. The summed E-state index contributed by atoms with van der Waals surface area (Å²) in [6, 6.07) is 0. The molecule has 0 spiro atoms. The summed E-state index contributed by atoms with van der Waals surface area (Å²) in [5, 5.41) is 4.12. The molecule has 1 unspecified atom stereocenters. The van der Waals surface area contributed by atoms with Crippen LogP contribution in [0, 0.1) is 11.8 Å². The van der Waals surface area contributed by atoms with Gasteiger partial charge in [0.2, 0.25) is 0 Å². The Labute approximate surface area is 109 Å². The van der Waals surface area contributed by atoms with Crippen molar-refractivity contribution in [1.29, 1.82) is 0 Å². The molecule has 4 nitrogen and oxygen atoms in total. The number of thiazole rings is 1. The highest BCUT2D eigenvalue weighted by Gasteiger charge is 2.27. The first-order valence-electron chi connectivity index (χ1n) is 5.60. The highest BCUT2D eigenvalue weighted by Crippen LogP contribution is 2.37. The van der Waals surface area contributed by atoms with Gasteiger partial charge in [0, 0.05) is 6.54 Å². The van der Waals surface area contributed by atoms with Gasteiger partial charge >= 0.3 is 5.97 Å². The highest BCUT2D eigenvalue weighted by molar-refractivity contribution is 7.18. The Hall–Kier alpha value is -0.810. The number of hydrogen-bond acceptors (Lipinski definition) is 5. The Kier molecular flexibility index (Phi) is 3.89. The number of anilines is 1. The first-order valence-corrected chi connectivity index (χ1v) is 6.79. The van der Waals surface area contributed by atoms with Crippen LogP contribution in [0.5, 0.6) is 0 Å². The molecule has 17 heavy (non-hydrogen) atoms. The average Bonchev–Trinajstić information content (AvgIpc) is 3.09. The third kappa shape index (κ3) is 3.10. The molecule has 0 bridgehead atoms. The molecule has 1 fully saturated rings. The molecule has 0 aliphatic heterocycles. The topological polar surface area (TPSA) is 51.2 Å². The zero-order valence-corrected chi connectivity index (χ0v) is 11.4. The third-order valence-electron chi connectivity index (χ3n) is 2.96. The van der Waals surface area contributed by atoms with Crippen molar-refractivity contribution in [3.8, 4) is 0 Å². The zero-order valence-electron chi connectivity index (χ0n) is 9.83. The maximum Gasteiger partial charge on any atom is 0.351 e. The fourth-order valence-electron chi connectivity index (χ4n) is 1.68. The Bertz CT molecular complexity index is 418. The summed E-state index contributed by atoms with van der Waals surface area (Å²) in [5.74, 6) is 1.05.